The zero-order chi connectivity index (χ0) is 27.3. The average Bonchev–Trinajstić information content (AvgIpc) is 2.87. The molecule has 2 aromatic rings. The third-order valence-electron chi connectivity index (χ3n) is 6.13. The van der Waals surface area contributed by atoms with E-state index >= 15 is 0 Å². The largest absolute Gasteiger partial charge is 0.493 e. The highest BCUT2D eigenvalue weighted by Gasteiger charge is 2.42. The van der Waals surface area contributed by atoms with Crippen molar-refractivity contribution in [3.63, 3.8) is 0 Å². The van der Waals surface area contributed by atoms with Crippen LogP contribution in [0.4, 0.5) is 13.2 Å². The van der Waals surface area contributed by atoms with E-state index in [9.17, 15) is 22.8 Å². The average molecular weight is 519 g/mol. The van der Waals surface area contributed by atoms with E-state index in [1.807, 2.05) is 6.07 Å². The minimum absolute atomic E-state index is 0.00927. The van der Waals surface area contributed by atoms with Crippen molar-refractivity contribution in [2.75, 3.05) is 27.9 Å². The van der Waals surface area contributed by atoms with Gasteiger partial charge in [0.1, 0.15) is 0 Å². The van der Waals surface area contributed by atoms with E-state index in [1.54, 1.807) is 26.0 Å². The summed E-state index contributed by atoms with van der Waals surface area (Å²) in [6.45, 7) is 3.34. The van der Waals surface area contributed by atoms with E-state index in [0.29, 0.717) is 29.3 Å². The van der Waals surface area contributed by atoms with Gasteiger partial charge < -0.3 is 24.8 Å². The molecule has 10 heteroatoms. The van der Waals surface area contributed by atoms with Gasteiger partial charge in [-0.25, -0.2) is 4.79 Å². The van der Waals surface area contributed by atoms with Crippen molar-refractivity contribution in [1.82, 2.24) is 10.6 Å². The van der Waals surface area contributed by atoms with Crippen molar-refractivity contribution >= 4 is 11.9 Å². The van der Waals surface area contributed by atoms with Crippen LogP contribution in [-0.2, 0) is 26.9 Å². The zero-order valence-electron chi connectivity index (χ0n) is 21.2. The predicted octanol–water partition coefficient (Wildman–Crippen LogP) is 4.49. The molecule has 1 aliphatic rings. The van der Waals surface area contributed by atoms with Gasteiger partial charge in [-0.15, -0.1) is 0 Å². The molecule has 3 rings (SSSR count). The van der Waals surface area contributed by atoms with Crippen LogP contribution in [0.25, 0.3) is 0 Å². The van der Waals surface area contributed by atoms with E-state index in [1.165, 1.54) is 32.4 Å². The fourth-order valence-corrected chi connectivity index (χ4v) is 4.45. The van der Waals surface area contributed by atoms with Crippen LogP contribution in [0.2, 0.25) is 0 Å². The number of allylic oxidation sites excluding steroid dienone is 2. The molecule has 2 aromatic carbocycles. The molecule has 0 radical (unpaired) electrons. The number of methoxy groups -OCH3 is 3. The first-order chi connectivity index (χ1) is 17.5. The van der Waals surface area contributed by atoms with Gasteiger partial charge in [0.2, 0.25) is 5.91 Å². The minimum Gasteiger partial charge on any atom is -0.493 e. The lowest BCUT2D eigenvalue weighted by atomic mass is 9.78. The number of alkyl halides is 3. The molecule has 198 valence electrons. The van der Waals surface area contributed by atoms with Gasteiger partial charge in [0.05, 0.1) is 38.4 Å². The predicted molar refractivity (Wildman–Crippen MR) is 131 cm³/mol. The molecule has 0 fully saturated rings. The van der Waals surface area contributed by atoms with Crippen molar-refractivity contribution in [3.8, 4) is 11.5 Å². The molecule has 0 spiro atoms. The molecular weight excluding hydrogens is 489 g/mol. The highest BCUT2D eigenvalue weighted by Crippen LogP contribution is 2.44. The molecule has 0 unspecified atom stereocenters. The highest BCUT2D eigenvalue weighted by molar-refractivity contribution is 6.02. The normalized spacial score (nSPS) is 15.7. The Balaban J connectivity index is 1.96. The van der Waals surface area contributed by atoms with Crippen molar-refractivity contribution in [1.29, 1.82) is 0 Å². The quantitative estimate of drug-likeness (QED) is 0.501. The third-order valence-corrected chi connectivity index (χ3v) is 6.13. The second kappa shape index (κ2) is 11.4. The lowest BCUT2D eigenvalue weighted by molar-refractivity contribution is -0.139. The Kier molecular flexibility index (Phi) is 8.52. The summed E-state index contributed by atoms with van der Waals surface area (Å²) in [4.78, 5) is 26.2. The van der Waals surface area contributed by atoms with E-state index in [-0.39, 0.29) is 23.3 Å². The second-order valence-electron chi connectivity index (χ2n) is 8.41. The summed E-state index contributed by atoms with van der Waals surface area (Å²) in [5, 5.41) is 5.74. The summed E-state index contributed by atoms with van der Waals surface area (Å²) in [7, 11) is 4.18. The fourth-order valence-electron chi connectivity index (χ4n) is 4.45. The van der Waals surface area contributed by atoms with Gasteiger partial charge in [-0.1, -0.05) is 24.3 Å². The first kappa shape index (κ1) is 27.6. The maximum atomic E-state index is 14.0. The molecule has 1 atom stereocenters. The summed E-state index contributed by atoms with van der Waals surface area (Å²) in [5.41, 5.74) is 0.323. The highest BCUT2D eigenvalue weighted by atomic mass is 19.4. The molecule has 0 bridgehead atoms. The molecule has 1 amide bonds. The summed E-state index contributed by atoms with van der Waals surface area (Å²) in [6, 6.07) is 10.3. The summed E-state index contributed by atoms with van der Waals surface area (Å²) in [5.74, 6) is -1.61. The van der Waals surface area contributed by atoms with Crippen molar-refractivity contribution in [2.45, 2.75) is 32.4 Å². The lowest BCUT2D eigenvalue weighted by Gasteiger charge is -2.32. The molecular formula is C27H29F3N2O5. The summed E-state index contributed by atoms with van der Waals surface area (Å²) < 4.78 is 57.3. The molecule has 2 N–H and O–H groups in total. The molecule has 0 aromatic heterocycles. The summed E-state index contributed by atoms with van der Waals surface area (Å²) in [6.07, 6.45) is -4.27. The van der Waals surface area contributed by atoms with E-state index in [2.05, 4.69) is 10.6 Å². The Morgan fingerprint density at radius 1 is 0.946 bits per heavy atom. The van der Waals surface area contributed by atoms with Crippen LogP contribution in [0.15, 0.2) is 65.0 Å². The van der Waals surface area contributed by atoms with Crippen LogP contribution in [0, 0.1) is 0 Å². The Labute approximate surface area is 213 Å². The van der Waals surface area contributed by atoms with Crippen LogP contribution in [0.5, 0.6) is 11.5 Å². The number of carbonyl (C=O) groups excluding carboxylic acids is 2. The number of hydrogen-bond acceptors (Lipinski definition) is 6. The second-order valence-corrected chi connectivity index (χ2v) is 8.41. The maximum Gasteiger partial charge on any atom is 0.416 e. The smallest absolute Gasteiger partial charge is 0.416 e. The van der Waals surface area contributed by atoms with Gasteiger partial charge in [-0.3, -0.25) is 4.79 Å². The zero-order valence-corrected chi connectivity index (χ0v) is 21.2. The van der Waals surface area contributed by atoms with Gasteiger partial charge in [0, 0.05) is 23.5 Å². The number of halogens is 3. The molecule has 0 saturated carbocycles. The van der Waals surface area contributed by atoms with Crippen LogP contribution in [0.3, 0.4) is 0 Å². The number of amides is 1. The number of esters is 1. The van der Waals surface area contributed by atoms with E-state index in [4.69, 9.17) is 14.2 Å². The fraction of sp³-hybridized carbons (Fsp3) is 0.333. The lowest BCUT2D eigenvalue weighted by Crippen LogP contribution is -2.37. The molecule has 7 nitrogen and oxygen atoms in total. The van der Waals surface area contributed by atoms with Crippen LogP contribution >= 0.6 is 0 Å². The molecule has 0 aliphatic carbocycles. The van der Waals surface area contributed by atoms with E-state index in [0.717, 1.165) is 18.7 Å². The van der Waals surface area contributed by atoms with E-state index < -0.39 is 29.5 Å². The first-order valence-corrected chi connectivity index (χ1v) is 11.5. The SMILES string of the molecule is COC(=O)C1=C(C)NC(C)=C(C(=O)NCCc2ccc(OC)c(OC)c2)[C@H]1c1ccccc1C(F)(F)F. The van der Waals surface area contributed by atoms with Crippen molar-refractivity contribution in [3.05, 3.63) is 81.7 Å². The monoisotopic (exact) mass is 518 g/mol. The first-order valence-electron chi connectivity index (χ1n) is 11.5. The minimum atomic E-state index is -4.69. The van der Waals surface area contributed by atoms with Crippen molar-refractivity contribution in [2.24, 2.45) is 0 Å². The topological polar surface area (TPSA) is 85.9 Å². The standard InChI is InChI=1S/C27H29F3N2O5/c1-15-22(25(33)31-13-12-17-10-11-20(35-3)21(14-17)36-4)24(23(16(2)32-15)26(34)37-5)18-8-6-7-9-19(18)27(28,29)30/h6-11,14,24,32H,12-13H2,1-5H3,(H,31,33)/t24-/m1/s1. The Morgan fingerprint density at radius 2 is 1.59 bits per heavy atom. The number of benzene rings is 2. The van der Waals surface area contributed by atoms with Gasteiger partial charge >= 0.3 is 12.1 Å². The Hall–Kier alpha value is -3.95. The maximum absolute atomic E-state index is 14.0. The third kappa shape index (κ3) is 5.90. The van der Waals surface area contributed by atoms with Crippen LogP contribution in [-0.4, -0.2) is 39.8 Å². The number of dihydropyridines is 1. The number of carbonyl (C=O) groups is 2. The van der Waals surface area contributed by atoms with Gasteiger partial charge in [-0.05, 0) is 49.6 Å². The van der Waals surface area contributed by atoms with Crippen LogP contribution < -0.4 is 20.1 Å². The molecule has 0 saturated heterocycles. The van der Waals surface area contributed by atoms with Crippen molar-refractivity contribution < 1.29 is 37.0 Å². The number of rotatable bonds is 8. The van der Waals surface area contributed by atoms with Gasteiger partial charge in [0.25, 0.3) is 0 Å². The molecule has 1 aliphatic heterocycles. The summed E-state index contributed by atoms with van der Waals surface area (Å²) >= 11 is 0. The number of hydrogen-bond donors (Lipinski definition) is 2. The van der Waals surface area contributed by atoms with Gasteiger partial charge in [-0.2, -0.15) is 13.2 Å². The Morgan fingerprint density at radius 3 is 2.22 bits per heavy atom. The number of nitrogens with one attached hydrogen (secondary N) is 2. The van der Waals surface area contributed by atoms with Crippen LogP contribution in [0.1, 0.15) is 36.5 Å². The molecule has 37 heavy (non-hydrogen) atoms. The Bertz CT molecular complexity index is 1250. The molecule has 1 heterocycles. The number of ether oxygens (including phenoxy) is 3. The van der Waals surface area contributed by atoms with Gasteiger partial charge in [0.15, 0.2) is 11.5 Å².